The van der Waals surface area contributed by atoms with Gasteiger partial charge in [0.25, 0.3) is 0 Å². The highest BCUT2D eigenvalue weighted by Gasteiger charge is 2.38. The van der Waals surface area contributed by atoms with E-state index in [0.29, 0.717) is 5.92 Å². The van der Waals surface area contributed by atoms with Crippen LogP contribution in [-0.2, 0) is 4.43 Å². The van der Waals surface area contributed by atoms with Gasteiger partial charge in [0.05, 0.1) is 0 Å². The van der Waals surface area contributed by atoms with Gasteiger partial charge in [-0.3, -0.25) is 0 Å². The topological polar surface area (TPSA) is 25.4 Å². The van der Waals surface area contributed by atoms with Crippen molar-refractivity contribution in [3.05, 3.63) is 24.1 Å². The molecule has 1 fully saturated rings. The van der Waals surface area contributed by atoms with Gasteiger partial charge < -0.3 is 9.33 Å². The van der Waals surface area contributed by atoms with Crippen LogP contribution < -0.4 is 4.90 Å². The van der Waals surface area contributed by atoms with Gasteiger partial charge in [0.15, 0.2) is 8.32 Å². The fraction of sp³-hybridized carbons (Fsp3) is 0.688. The number of nitrogens with zero attached hydrogens (tertiary/aromatic N) is 2. The van der Waals surface area contributed by atoms with Crippen molar-refractivity contribution in [2.45, 2.75) is 45.3 Å². The Morgan fingerprint density at radius 2 is 2.10 bits per heavy atom. The van der Waals surface area contributed by atoms with Crippen molar-refractivity contribution in [1.29, 1.82) is 0 Å². The summed E-state index contributed by atoms with van der Waals surface area (Å²) < 4.78 is 19.5. The van der Waals surface area contributed by atoms with Crippen molar-refractivity contribution >= 4 is 14.1 Å². The molecule has 1 aromatic heterocycles. The predicted molar refractivity (Wildman–Crippen MR) is 87.7 cm³/mol. The Balaban J connectivity index is 1.89. The summed E-state index contributed by atoms with van der Waals surface area (Å²) in [5.41, 5.74) is 0. The molecule has 0 amide bonds. The normalized spacial score (nSPS) is 20.1. The molecule has 3 nitrogen and oxygen atoms in total. The average molecular weight is 310 g/mol. The second kappa shape index (κ2) is 6.05. The number of rotatable bonds is 4. The molecule has 1 saturated heterocycles. The van der Waals surface area contributed by atoms with Crippen LogP contribution in [0.15, 0.2) is 18.2 Å². The van der Waals surface area contributed by atoms with Crippen LogP contribution in [0.3, 0.4) is 0 Å². The lowest BCUT2D eigenvalue weighted by Crippen LogP contribution is -2.42. The summed E-state index contributed by atoms with van der Waals surface area (Å²) in [6, 6.07) is 4.98. The zero-order chi connectivity index (χ0) is 15.7. The highest BCUT2D eigenvalue weighted by Crippen LogP contribution is 2.37. The van der Waals surface area contributed by atoms with E-state index < -0.39 is 14.3 Å². The first-order valence-electron chi connectivity index (χ1n) is 7.70. The molecule has 1 aliphatic heterocycles. The van der Waals surface area contributed by atoms with Gasteiger partial charge in [-0.05, 0) is 36.7 Å². The maximum Gasteiger partial charge on any atom is 0.214 e. The van der Waals surface area contributed by atoms with Crippen LogP contribution in [0, 0.1) is 11.9 Å². The summed E-state index contributed by atoms with van der Waals surface area (Å²) in [6.45, 7) is 14.0. The summed E-state index contributed by atoms with van der Waals surface area (Å²) in [6.07, 6.45) is 1.09. The molecule has 0 unspecified atom stereocenters. The molecule has 2 rings (SSSR count). The van der Waals surface area contributed by atoms with Crippen molar-refractivity contribution in [1.82, 2.24) is 4.98 Å². The lowest BCUT2D eigenvalue weighted by Gasteiger charge is -2.37. The summed E-state index contributed by atoms with van der Waals surface area (Å²) >= 11 is 0. The van der Waals surface area contributed by atoms with Crippen molar-refractivity contribution in [2.75, 3.05) is 24.6 Å². The smallest absolute Gasteiger partial charge is 0.214 e. The van der Waals surface area contributed by atoms with Gasteiger partial charge in [0.1, 0.15) is 5.82 Å². The number of hydrogen-bond donors (Lipinski definition) is 0. The predicted octanol–water partition coefficient (Wildman–Crippen LogP) is 4.07. The third kappa shape index (κ3) is 4.04. The molecule has 0 aromatic carbocycles. The quantitative estimate of drug-likeness (QED) is 0.619. The molecule has 21 heavy (non-hydrogen) atoms. The van der Waals surface area contributed by atoms with Crippen molar-refractivity contribution < 1.29 is 8.82 Å². The second-order valence-corrected chi connectivity index (χ2v) is 12.3. The first kappa shape index (κ1) is 16.4. The Hall–Kier alpha value is -0.943. The fourth-order valence-corrected chi connectivity index (χ4v) is 3.38. The van der Waals surface area contributed by atoms with Gasteiger partial charge in [-0.1, -0.05) is 26.8 Å². The van der Waals surface area contributed by atoms with E-state index >= 15 is 0 Å². The van der Waals surface area contributed by atoms with Gasteiger partial charge in [0, 0.05) is 25.6 Å². The Bertz CT molecular complexity index is 487. The lowest BCUT2D eigenvalue weighted by molar-refractivity contribution is 0.238. The Labute approximate surface area is 128 Å². The molecule has 0 spiro atoms. The first-order valence-corrected chi connectivity index (χ1v) is 10.6. The van der Waals surface area contributed by atoms with E-state index in [-0.39, 0.29) is 5.04 Å². The first-order chi connectivity index (χ1) is 9.69. The minimum Gasteiger partial charge on any atom is -0.416 e. The second-order valence-electron chi connectivity index (χ2n) is 7.49. The van der Waals surface area contributed by atoms with E-state index in [4.69, 9.17) is 4.43 Å². The van der Waals surface area contributed by atoms with Crippen molar-refractivity contribution in [3.63, 3.8) is 0 Å². The maximum absolute atomic E-state index is 13.2. The Morgan fingerprint density at radius 1 is 1.38 bits per heavy atom. The monoisotopic (exact) mass is 310 g/mol. The Kier molecular flexibility index (Phi) is 4.73. The molecule has 1 atom stereocenters. The molecule has 0 N–H and O–H groups in total. The molecule has 0 radical (unpaired) electrons. The molecule has 0 bridgehead atoms. The van der Waals surface area contributed by atoms with Gasteiger partial charge in [-0.15, -0.1) is 0 Å². The summed E-state index contributed by atoms with van der Waals surface area (Å²) in [7, 11) is -1.68. The van der Waals surface area contributed by atoms with Crippen LogP contribution in [-0.4, -0.2) is 33.0 Å². The van der Waals surface area contributed by atoms with Gasteiger partial charge in [-0.25, -0.2) is 4.98 Å². The molecular weight excluding hydrogens is 283 g/mol. The zero-order valence-electron chi connectivity index (χ0n) is 13.8. The molecule has 118 valence electrons. The van der Waals surface area contributed by atoms with Gasteiger partial charge in [0.2, 0.25) is 5.95 Å². The number of halogens is 1. The lowest BCUT2D eigenvalue weighted by atomic mass is 10.1. The van der Waals surface area contributed by atoms with Crippen LogP contribution in [0.1, 0.15) is 27.2 Å². The third-order valence-corrected chi connectivity index (χ3v) is 9.30. The average Bonchev–Trinajstić information content (AvgIpc) is 2.84. The van der Waals surface area contributed by atoms with Crippen LogP contribution >= 0.6 is 0 Å². The van der Waals surface area contributed by atoms with E-state index in [9.17, 15) is 4.39 Å². The van der Waals surface area contributed by atoms with E-state index in [2.05, 4.69) is 43.7 Å². The summed E-state index contributed by atoms with van der Waals surface area (Å²) in [4.78, 5) is 6.12. The third-order valence-electron chi connectivity index (χ3n) is 4.80. The molecule has 0 saturated carbocycles. The highest BCUT2D eigenvalue weighted by molar-refractivity contribution is 6.74. The largest absolute Gasteiger partial charge is 0.416 e. The van der Waals surface area contributed by atoms with Crippen LogP contribution in [0.25, 0.3) is 0 Å². The van der Waals surface area contributed by atoms with Crippen LogP contribution in [0.4, 0.5) is 10.2 Å². The van der Waals surface area contributed by atoms with E-state index in [1.807, 2.05) is 6.07 Å². The highest BCUT2D eigenvalue weighted by atomic mass is 28.4. The van der Waals surface area contributed by atoms with Gasteiger partial charge >= 0.3 is 0 Å². The minimum absolute atomic E-state index is 0.245. The molecule has 5 heteroatoms. The Morgan fingerprint density at radius 3 is 2.71 bits per heavy atom. The number of aromatic nitrogens is 1. The van der Waals surface area contributed by atoms with Crippen LogP contribution in [0.2, 0.25) is 18.1 Å². The van der Waals surface area contributed by atoms with Crippen molar-refractivity contribution in [3.8, 4) is 0 Å². The summed E-state index contributed by atoms with van der Waals surface area (Å²) in [5, 5.41) is 0.245. The molecule has 0 aliphatic carbocycles. The van der Waals surface area contributed by atoms with Crippen molar-refractivity contribution in [2.24, 2.45) is 5.92 Å². The molecule has 1 aliphatic rings. The summed E-state index contributed by atoms with van der Waals surface area (Å²) in [5.74, 6) is 0.850. The van der Waals surface area contributed by atoms with E-state index in [1.165, 1.54) is 6.07 Å². The minimum atomic E-state index is -1.68. The molecule has 2 heterocycles. The standard InChI is InChI=1S/C16H27FN2OSi/c1-16(2,3)21(4,5)20-12-13-9-10-19(11-13)15-8-6-7-14(17)18-15/h6-8,13H,9-12H2,1-5H3/t13-/m0/s1. The van der Waals surface area contributed by atoms with E-state index in [0.717, 1.165) is 31.9 Å². The number of pyridine rings is 1. The molecule has 1 aromatic rings. The SMILES string of the molecule is CC(C)(C)[Si](C)(C)OC[C@H]1CCN(c2cccc(F)n2)C1. The fourth-order valence-electron chi connectivity index (χ4n) is 2.29. The number of hydrogen-bond acceptors (Lipinski definition) is 3. The van der Waals surface area contributed by atoms with E-state index in [1.54, 1.807) is 6.07 Å². The zero-order valence-corrected chi connectivity index (χ0v) is 14.8. The van der Waals surface area contributed by atoms with Gasteiger partial charge in [-0.2, -0.15) is 4.39 Å². The number of anilines is 1. The maximum atomic E-state index is 13.2. The van der Waals surface area contributed by atoms with Crippen LogP contribution in [0.5, 0.6) is 0 Å². The molecular formula is C16H27FN2OSi.